The van der Waals surface area contributed by atoms with Gasteiger partial charge in [0.05, 0.1) is 12.2 Å². The maximum Gasteiger partial charge on any atom is 0.320 e. The van der Waals surface area contributed by atoms with Gasteiger partial charge in [-0.2, -0.15) is 0 Å². The number of para-hydroxylation sites is 1. The van der Waals surface area contributed by atoms with Gasteiger partial charge in [-0.1, -0.05) is 12.1 Å². The number of aromatic nitrogens is 1. The Balaban J connectivity index is 1.96. The summed E-state index contributed by atoms with van der Waals surface area (Å²) in [6, 6.07) is 7.86. The van der Waals surface area contributed by atoms with E-state index in [9.17, 15) is 9.18 Å². The van der Waals surface area contributed by atoms with Crippen molar-refractivity contribution in [2.45, 2.75) is 6.54 Å². The summed E-state index contributed by atoms with van der Waals surface area (Å²) < 4.78 is 13.6. The highest BCUT2D eigenvalue weighted by molar-refractivity contribution is 5.92. The summed E-state index contributed by atoms with van der Waals surface area (Å²) in [5, 5.41) is 8.27. The molecule has 96 valence electrons. The van der Waals surface area contributed by atoms with Crippen LogP contribution in [0.1, 0.15) is 5.56 Å². The molecule has 2 amide bonds. The van der Waals surface area contributed by atoms with Gasteiger partial charge in [-0.25, -0.2) is 14.2 Å². The van der Waals surface area contributed by atoms with E-state index < -0.39 is 0 Å². The molecule has 3 N–H and O–H groups in total. The molecule has 0 saturated carbocycles. The fraction of sp³-hybridized carbons (Fsp3) is 0.0769. The van der Waals surface area contributed by atoms with E-state index in [4.69, 9.17) is 0 Å². The summed E-state index contributed by atoms with van der Waals surface area (Å²) in [5.41, 5.74) is 1.89. The quantitative estimate of drug-likeness (QED) is 0.775. The number of urea groups is 1. The first-order valence-corrected chi connectivity index (χ1v) is 5.78. The van der Waals surface area contributed by atoms with E-state index in [2.05, 4.69) is 20.9 Å². The van der Waals surface area contributed by atoms with Gasteiger partial charge in [0.2, 0.25) is 0 Å². The molecule has 0 aliphatic carbocycles. The number of pyridine rings is 1. The Morgan fingerprint density at radius 3 is 2.89 bits per heavy atom. The van der Waals surface area contributed by atoms with E-state index in [1.54, 1.807) is 30.5 Å². The minimum atomic E-state index is -0.333. The third-order valence-corrected chi connectivity index (χ3v) is 2.86. The topological polar surface area (TPSA) is 66.0 Å². The zero-order valence-electron chi connectivity index (χ0n) is 9.90. The van der Waals surface area contributed by atoms with Crippen LogP contribution < -0.4 is 16.0 Å². The summed E-state index contributed by atoms with van der Waals surface area (Å²) in [6.07, 6.45) is 1.56. The van der Waals surface area contributed by atoms with Crippen molar-refractivity contribution in [3.05, 3.63) is 47.9 Å². The molecular weight excluding hydrogens is 247 g/mol. The number of nitrogens with zero attached hydrogens (tertiary/aromatic N) is 1. The molecule has 2 aromatic rings. The SMILES string of the molecule is O=C1NCc2c(Nc3ccccc3F)ccnc2N1. The van der Waals surface area contributed by atoms with Crippen molar-refractivity contribution >= 4 is 23.2 Å². The highest BCUT2D eigenvalue weighted by Gasteiger charge is 2.18. The summed E-state index contributed by atoms with van der Waals surface area (Å²) in [5.74, 6) is 0.158. The van der Waals surface area contributed by atoms with Gasteiger partial charge in [0.25, 0.3) is 0 Å². The molecule has 0 spiro atoms. The molecule has 2 heterocycles. The molecule has 0 saturated heterocycles. The van der Waals surface area contributed by atoms with Crippen molar-refractivity contribution in [1.82, 2.24) is 10.3 Å². The average Bonchev–Trinajstić information content (AvgIpc) is 2.41. The fourth-order valence-electron chi connectivity index (χ4n) is 1.92. The molecule has 1 aliphatic rings. The van der Waals surface area contributed by atoms with Crippen LogP contribution in [0.2, 0.25) is 0 Å². The lowest BCUT2D eigenvalue weighted by Crippen LogP contribution is -2.34. The maximum atomic E-state index is 13.6. The Bertz CT molecular complexity index is 644. The maximum absolute atomic E-state index is 13.6. The molecule has 1 aromatic heterocycles. The predicted octanol–water partition coefficient (Wildman–Crippen LogP) is 2.60. The molecule has 3 rings (SSSR count). The Labute approximate surface area is 108 Å². The number of carbonyl (C=O) groups excluding carboxylic acids is 1. The lowest BCUT2D eigenvalue weighted by Gasteiger charge is -2.20. The lowest BCUT2D eigenvalue weighted by molar-refractivity contribution is 0.250. The number of fused-ring (bicyclic) bond motifs is 1. The van der Waals surface area contributed by atoms with Gasteiger partial charge in [0, 0.05) is 17.4 Å². The van der Waals surface area contributed by atoms with E-state index in [-0.39, 0.29) is 11.8 Å². The van der Waals surface area contributed by atoms with Crippen molar-refractivity contribution in [1.29, 1.82) is 0 Å². The van der Waals surface area contributed by atoms with Gasteiger partial charge in [0.1, 0.15) is 11.6 Å². The molecule has 1 aromatic carbocycles. The van der Waals surface area contributed by atoms with E-state index in [1.807, 2.05) is 0 Å². The standard InChI is InChI=1S/C13H11FN4O/c14-9-3-1-2-4-11(9)17-10-5-6-15-12-8(10)7-16-13(19)18-12/h1-6H,7H2,(H3,15,16,17,18,19). The lowest BCUT2D eigenvalue weighted by atomic mass is 10.1. The highest BCUT2D eigenvalue weighted by Crippen LogP contribution is 2.28. The van der Waals surface area contributed by atoms with Crippen LogP contribution in [0, 0.1) is 5.82 Å². The average molecular weight is 258 g/mol. The molecule has 19 heavy (non-hydrogen) atoms. The van der Waals surface area contributed by atoms with Gasteiger partial charge in [-0.05, 0) is 18.2 Å². The van der Waals surface area contributed by atoms with Crippen molar-refractivity contribution in [2.24, 2.45) is 0 Å². The third kappa shape index (κ3) is 2.20. The second-order valence-electron chi connectivity index (χ2n) is 4.10. The number of hydrogen-bond acceptors (Lipinski definition) is 3. The summed E-state index contributed by atoms with van der Waals surface area (Å²) in [4.78, 5) is 15.3. The molecule has 0 fully saturated rings. The Hall–Kier alpha value is -2.63. The molecular formula is C13H11FN4O. The number of nitrogens with one attached hydrogen (secondary N) is 3. The molecule has 6 heteroatoms. The van der Waals surface area contributed by atoms with Crippen LogP contribution in [0.5, 0.6) is 0 Å². The minimum absolute atomic E-state index is 0.289. The van der Waals surface area contributed by atoms with Gasteiger partial charge < -0.3 is 10.6 Å². The number of carbonyl (C=O) groups is 1. The fourth-order valence-corrected chi connectivity index (χ4v) is 1.92. The largest absolute Gasteiger partial charge is 0.353 e. The van der Waals surface area contributed by atoms with Gasteiger partial charge in [0.15, 0.2) is 0 Å². The first kappa shape index (κ1) is 11.5. The van der Waals surface area contributed by atoms with Crippen molar-refractivity contribution in [3.8, 4) is 0 Å². The monoisotopic (exact) mass is 258 g/mol. The van der Waals surface area contributed by atoms with Crippen LogP contribution in [0.3, 0.4) is 0 Å². The Kier molecular flexibility index (Phi) is 2.75. The predicted molar refractivity (Wildman–Crippen MR) is 69.8 cm³/mol. The Morgan fingerprint density at radius 1 is 1.21 bits per heavy atom. The van der Waals surface area contributed by atoms with Crippen LogP contribution in [0.4, 0.5) is 26.4 Å². The molecule has 5 nitrogen and oxygen atoms in total. The van der Waals surface area contributed by atoms with Crippen LogP contribution >= 0.6 is 0 Å². The van der Waals surface area contributed by atoms with Crippen molar-refractivity contribution in [3.63, 3.8) is 0 Å². The van der Waals surface area contributed by atoms with E-state index in [0.29, 0.717) is 23.7 Å². The number of benzene rings is 1. The molecule has 0 bridgehead atoms. The molecule has 1 aliphatic heterocycles. The van der Waals surface area contributed by atoms with Crippen LogP contribution in [-0.2, 0) is 6.54 Å². The van der Waals surface area contributed by atoms with Gasteiger partial charge in [-0.15, -0.1) is 0 Å². The first-order chi connectivity index (χ1) is 9.24. The summed E-state index contributed by atoms with van der Waals surface area (Å²) >= 11 is 0. The van der Waals surface area contributed by atoms with Crippen LogP contribution in [0.15, 0.2) is 36.5 Å². The van der Waals surface area contributed by atoms with Crippen LogP contribution in [0.25, 0.3) is 0 Å². The third-order valence-electron chi connectivity index (χ3n) is 2.86. The normalized spacial score (nSPS) is 13.2. The second kappa shape index (κ2) is 4.56. The minimum Gasteiger partial charge on any atom is -0.353 e. The zero-order chi connectivity index (χ0) is 13.2. The molecule has 0 atom stereocenters. The number of amides is 2. The van der Waals surface area contributed by atoms with Crippen LogP contribution in [-0.4, -0.2) is 11.0 Å². The van der Waals surface area contributed by atoms with Crippen molar-refractivity contribution < 1.29 is 9.18 Å². The van der Waals surface area contributed by atoms with E-state index >= 15 is 0 Å². The van der Waals surface area contributed by atoms with Gasteiger partial charge in [-0.3, -0.25) is 5.32 Å². The zero-order valence-corrected chi connectivity index (χ0v) is 9.90. The van der Waals surface area contributed by atoms with Crippen molar-refractivity contribution in [2.75, 3.05) is 10.6 Å². The van der Waals surface area contributed by atoms with E-state index in [1.165, 1.54) is 6.07 Å². The number of hydrogen-bond donors (Lipinski definition) is 3. The second-order valence-corrected chi connectivity index (χ2v) is 4.10. The molecule has 0 unspecified atom stereocenters. The van der Waals surface area contributed by atoms with E-state index in [0.717, 1.165) is 5.56 Å². The summed E-state index contributed by atoms with van der Waals surface area (Å²) in [6.45, 7) is 0.353. The van der Waals surface area contributed by atoms with Gasteiger partial charge >= 0.3 is 6.03 Å². The Morgan fingerprint density at radius 2 is 2.05 bits per heavy atom. The molecule has 0 radical (unpaired) electrons. The number of halogens is 1. The number of rotatable bonds is 2. The number of anilines is 3. The first-order valence-electron chi connectivity index (χ1n) is 5.78. The highest BCUT2D eigenvalue weighted by atomic mass is 19.1. The smallest absolute Gasteiger partial charge is 0.320 e. The summed E-state index contributed by atoms with van der Waals surface area (Å²) in [7, 11) is 0.